The smallest absolute Gasteiger partial charge is 0.322 e. The SMILES string of the molecule is CC#CCOc1ccc(C(=O)NC[C@H](C(=O)O)N2CCN(S(C)(=O)=O)CC2)cc1. The molecule has 29 heavy (non-hydrogen) atoms. The normalized spacial score (nSPS) is 16.3. The average molecular weight is 423 g/mol. The van der Waals surface area contributed by atoms with Crippen LogP contribution in [0.1, 0.15) is 17.3 Å². The molecule has 2 N–H and O–H groups in total. The van der Waals surface area contributed by atoms with Crippen LogP contribution in [0.2, 0.25) is 0 Å². The summed E-state index contributed by atoms with van der Waals surface area (Å²) in [5, 5.41) is 12.2. The lowest BCUT2D eigenvalue weighted by Crippen LogP contribution is -2.56. The van der Waals surface area contributed by atoms with E-state index in [1.807, 2.05) is 0 Å². The van der Waals surface area contributed by atoms with Crippen molar-refractivity contribution >= 4 is 21.9 Å². The van der Waals surface area contributed by atoms with Crippen LogP contribution in [0.3, 0.4) is 0 Å². The number of carboxylic acids is 1. The Bertz CT molecular complexity index is 881. The Morgan fingerprint density at radius 3 is 2.34 bits per heavy atom. The summed E-state index contributed by atoms with van der Waals surface area (Å²) < 4.78 is 29.9. The number of nitrogens with zero attached hydrogens (tertiary/aromatic N) is 2. The van der Waals surface area contributed by atoms with Crippen LogP contribution in [0.25, 0.3) is 0 Å². The maximum absolute atomic E-state index is 12.3. The molecule has 1 aromatic rings. The van der Waals surface area contributed by atoms with Crippen LogP contribution < -0.4 is 10.1 Å². The van der Waals surface area contributed by atoms with Crippen LogP contribution in [-0.4, -0.2) is 86.2 Å². The number of amides is 1. The van der Waals surface area contributed by atoms with Crippen LogP contribution in [0.5, 0.6) is 5.75 Å². The second-order valence-electron chi connectivity index (χ2n) is 6.50. The van der Waals surface area contributed by atoms with Gasteiger partial charge in [0.05, 0.1) is 6.26 Å². The minimum Gasteiger partial charge on any atom is -0.481 e. The maximum Gasteiger partial charge on any atom is 0.322 e. The number of aliphatic carboxylic acids is 1. The molecule has 1 fully saturated rings. The summed E-state index contributed by atoms with van der Waals surface area (Å²) >= 11 is 0. The third kappa shape index (κ3) is 6.74. The van der Waals surface area contributed by atoms with Crippen molar-refractivity contribution in [2.75, 3.05) is 45.6 Å². The molecule has 1 amide bonds. The standard InChI is InChI=1S/C19H25N3O6S/c1-3-4-13-28-16-7-5-15(6-8-16)18(23)20-14-17(19(24)25)21-9-11-22(12-10-21)29(2,26)27/h5-8,17H,9-14H2,1-2H3,(H,20,23)(H,24,25)/t17-/m1/s1. The third-order valence-electron chi connectivity index (χ3n) is 4.53. The van der Waals surface area contributed by atoms with E-state index in [1.165, 1.54) is 4.31 Å². The molecule has 1 atom stereocenters. The number of ether oxygens (including phenoxy) is 1. The molecule has 10 heteroatoms. The molecule has 158 valence electrons. The minimum atomic E-state index is -3.30. The van der Waals surface area contributed by atoms with Crippen molar-refractivity contribution in [3.8, 4) is 17.6 Å². The molecule has 1 aromatic carbocycles. The van der Waals surface area contributed by atoms with Crippen LogP contribution in [0.4, 0.5) is 0 Å². The highest BCUT2D eigenvalue weighted by Gasteiger charge is 2.31. The van der Waals surface area contributed by atoms with E-state index in [0.29, 0.717) is 11.3 Å². The van der Waals surface area contributed by atoms with Gasteiger partial charge in [0.15, 0.2) is 0 Å². The van der Waals surface area contributed by atoms with E-state index in [2.05, 4.69) is 17.2 Å². The first-order valence-corrected chi connectivity index (χ1v) is 10.9. The van der Waals surface area contributed by atoms with E-state index in [1.54, 1.807) is 36.1 Å². The molecule has 0 radical (unpaired) electrons. The van der Waals surface area contributed by atoms with E-state index in [-0.39, 0.29) is 39.3 Å². The van der Waals surface area contributed by atoms with Crippen molar-refractivity contribution in [2.45, 2.75) is 13.0 Å². The van der Waals surface area contributed by atoms with Gasteiger partial charge in [0.1, 0.15) is 18.4 Å². The second-order valence-corrected chi connectivity index (χ2v) is 8.48. The molecule has 0 unspecified atom stereocenters. The minimum absolute atomic E-state index is 0.0859. The monoisotopic (exact) mass is 423 g/mol. The molecule has 1 aliphatic rings. The summed E-state index contributed by atoms with van der Waals surface area (Å²) in [6, 6.07) is 5.53. The Labute approximate surface area is 170 Å². The number of carbonyl (C=O) groups is 2. The van der Waals surface area contributed by atoms with Crippen molar-refractivity contribution in [1.82, 2.24) is 14.5 Å². The van der Waals surface area contributed by atoms with Gasteiger partial charge >= 0.3 is 5.97 Å². The van der Waals surface area contributed by atoms with Gasteiger partial charge in [-0.1, -0.05) is 5.92 Å². The van der Waals surface area contributed by atoms with Crippen molar-refractivity contribution in [2.24, 2.45) is 0 Å². The fourth-order valence-corrected chi connectivity index (χ4v) is 3.73. The van der Waals surface area contributed by atoms with Gasteiger partial charge in [-0.25, -0.2) is 8.42 Å². The van der Waals surface area contributed by atoms with Crippen molar-refractivity contribution in [3.63, 3.8) is 0 Å². The van der Waals surface area contributed by atoms with Crippen LogP contribution in [-0.2, 0) is 14.8 Å². The van der Waals surface area contributed by atoms with Crippen LogP contribution >= 0.6 is 0 Å². The average Bonchev–Trinajstić information content (AvgIpc) is 2.68. The van der Waals surface area contributed by atoms with Crippen molar-refractivity contribution in [3.05, 3.63) is 29.8 Å². The molecule has 9 nitrogen and oxygen atoms in total. The molecule has 2 rings (SSSR count). The molecular formula is C19H25N3O6S. The van der Waals surface area contributed by atoms with E-state index >= 15 is 0 Å². The number of rotatable bonds is 8. The van der Waals surface area contributed by atoms with E-state index < -0.39 is 27.9 Å². The highest BCUT2D eigenvalue weighted by atomic mass is 32.2. The Morgan fingerprint density at radius 2 is 1.83 bits per heavy atom. The number of hydrogen-bond donors (Lipinski definition) is 2. The van der Waals surface area contributed by atoms with Gasteiger partial charge in [-0.3, -0.25) is 14.5 Å². The number of piperazine rings is 1. The second kappa shape index (κ2) is 10.2. The zero-order valence-corrected chi connectivity index (χ0v) is 17.2. The molecule has 0 saturated carbocycles. The van der Waals surface area contributed by atoms with Gasteiger partial charge < -0.3 is 15.2 Å². The zero-order chi connectivity index (χ0) is 21.4. The van der Waals surface area contributed by atoms with Gasteiger partial charge in [0, 0.05) is 38.3 Å². The largest absolute Gasteiger partial charge is 0.481 e. The summed E-state index contributed by atoms with van der Waals surface area (Å²) in [7, 11) is -3.30. The van der Waals surface area contributed by atoms with Crippen molar-refractivity contribution < 1.29 is 27.9 Å². The first kappa shape index (κ1) is 22.7. The Balaban J connectivity index is 1.90. The van der Waals surface area contributed by atoms with Crippen LogP contribution in [0, 0.1) is 11.8 Å². The molecular weight excluding hydrogens is 398 g/mol. The molecule has 1 saturated heterocycles. The summed E-state index contributed by atoms with van der Waals surface area (Å²) in [5.74, 6) is 4.60. The summed E-state index contributed by atoms with van der Waals surface area (Å²) in [5.41, 5.74) is 0.380. The Morgan fingerprint density at radius 1 is 1.21 bits per heavy atom. The van der Waals surface area contributed by atoms with Gasteiger partial charge in [-0.2, -0.15) is 4.31 Å². The van der Waals surface area contributed by atoms with Gasteiger partial charge in [0.2, 0.25) is 10.0 Å². The number of hydrogen-bond acceptors (Lipinski definition) is 6. The summed E-state index contributed by atoms with van der Waals surface area (Å²) in [6.45, 7) is 2.90. The van der Waals surface area contributed by atoms with Gasteiger partial charge in [-0.15, -0.1) is 5.92 Å². The van der Waals surface area contributed by atoms with E-state index in [0.717, 1.165) is 6.26 Å². The highest BCUT2D eigenvalue weighted by Crippen LogP contribution is 2.13. The Kier molecular flexibility index (Phi) is 8.01. The quantitative estimate of drug-likeness (QED) is 0.559. The molecule has 1 aliphatic heterocycles. The Hall–Kier alpha value is -2.61. The number of carbonyl (C=O) groups excluding carboxylic acids is 1. The first-order chi connectivity index (χ1) is 13.7. The van der Waals surface area contributed by atoms with Gasteiger partial charge in [0.25, 0.3) is 5.91 Å². The third-order valence-corrected chi connectivity index (χ3v) is 5.83. The molecule has 1 heterocycles. The molecule has 0 aliphatic carbocycles. The van der Waals surface area contributed by atoms with Crippen LogP contribution in [0.15, 0.2) is 24.3 Å². The summed E-state index contributed by atoms with van der Waals surface area (Å²) in [6.07, 6.45) is 1.13. The lowest BCUT2D eigenvalue weighted by molar-refractivity contribution is -0.143. The lowest BCUT2D eigenvalue weighted by Gasteiger charge is -2.36. The highest BCUT2D eigenvalue weighted by molar-refractivity contribution is 7.88. The predicted octanol–water partition coefficient (Wildman–Crippen LogP) is -0.151. The summed E-state index contributed by atoms with van der Waals surface area (Å²) in [4.78, 5) is 25.6. The number of carboxylic acid groups (broad SMARTS) is 1. The molecule has 0 aromatic heterocycles. The topological polar surface area (TPSA) is 116 Å². The fourth-order valence-electron chi connectivity index (χ4n) is 2.91. The number of nitrogens with one attached hydrogen (secondary N) is 1. The fraction of sp³-hybridized carbons (Fsp3) is 0.474. The van der Waals surface area contributed by atoms with Crippen molar-refractivity contribution in [1.29, 1.82) is 0 Å². The lowest BCUT2D eigenvalue weighted by atomic mass is 10.1. The maximum atomic E-state index is 12.3. The van der Waals surface area contributed by atoms with Gasteiger partial charge in [-0.05, 0) is 31.2 Å². The predicted molar refractivity (Wildman–Crippen MR) is 107 cm³/mol. The molecule has 0 spiro atoms. The van der Waals surface area contributed by atoms with E-state index in [9.17, 15) is 23.1 Å². The zero-order valence-electron chi connectivity index (χ0n) is 16.4. The number of sulfonamides is 1. The first-order valence-electron chi connectivity index (χ1n) is 9.05. The number of benzene rings is 1. The van der Waals surface area contributed by atoms with E-state index in [4.69, 9.17) is 4.74 Å². The molecule has 0 bridgehead atoms.